The molecule has 0 aliphatic heterocycles. The Bertz CT molecular complexity index is 1480. The summed E-state index contributed by atoms with van der Waals surface area (Å²) in [6, 6.07) is 16.8. The van der Waals surface area contributed by atoms with Crippen molar-refractivity contribution in [3.8, 4) is 16.9 Å². The van der Waals surface area contributed by atoms with Gasteiger partial charge in [-0.25, -0.2) is 4.39 Å². The van der Waals surface area contributed by atoms with Crippen LogP contribution < -0.4 is 10.1 Å². The van der Waals surface area contributed by atoms with E-state index in [1.807, 2.05) is 45.0 Å². The van der Waals surface area contributed by atoms with Gasteiger partial charge in [0.1, 0.15) is 18.2 Å². The van der Waals surface area contributed by atoms with Gasteiger partial charge in [-0.05, 0) is 90.9 Å². The molecule has 0 aliphatic rings. The van der Waals surface area contributed by atoms with Gasteiger partial charge in [0, 0.05) is 25.7 Å². The monoisotopic (exact) mass is 584 g/mol. The zero-order chi connectivity index (χ0) is 30.2. The number of anilines is 1. The average Bonchev–Trinajstić information content (AvgIpc) is 2.88. The summed E-state index contributed by atoms with van der Waals surface area (Å²) in [5.74, 6) is -0.621. The van der Waals surface area contributed by atoms with Crippen molar-refractivity contribution in [1.82, 2.24) is 4.90 Å². The Morgan fingerprint density at radius 1 is 1.02 bits per heavy atom. The summed E-state index contributed by atoms with van der Waals surface area (Å²) in [6.07, 6.45) is 0.573. The minimum Gasteiger partial charge on any atom is -0.492 e. The van der Waals surface area contributed by atoms with Gasteiger partial charge in [0.25, 0.3) is 0 Å². The molecule has 1 amide bonds. The molecular weight excluding hydrogens is 547 g/mol. The fourth-order valence-corrected chi connectivity index (χ4v) is 5.04. The van der Waals surface area contributed by atoms with E-state index in [1.54, 1.807) is 24.0 Å². The van der Waals surface area contributed by atoms with Gasteiger partial charge in [-0.1, -0.05) is 24.3 Å². The third kappa shape index (κ3) is 9.60. The van der Waals surface area contributed by atoms with E-state index in [0.717, 1.165) is 39.8 Å². The Morgan fingerprint density at radius 2 is 1.73 bits per heavy atom. The molecule has 0 aromatic heterocycles. The van der Waals surface area contributed by atoms with Crippen molar-refractivity contribution in [2.24, 2.45) is 0 Å². The van der Waals surface area contributed by atoms with Gasteiger partial charge in [-0.2, -0.15) is 8.42 Å². The number of hydrogen-bond donors (Lipinski definition) is 1. The van der Waals surface area contributed by atoms with Crippen molar-refractivity contribution in [1.29, 1.82) is 0 Å². The van der Waals surface area contributed by atoms with Gasteiger partial charge in [0.05, 0.1) is 19.2 Å². The zero-order valence-electron chi connectivity index (χ0n) is 24.1. The summed E-state index contributed by atoms with van der Waals surface area (Å²) < 4.78 is 46.9. The highest BCUT2D eigenvalue weighted by Gasteiger charge is 2.14. The number of ether oxygens (including phenoxy) is 1. The predicted molar refractivity (Wildman–Crippen MR) is 158 cm³/mol. The molecule has 0 aliphatic carbocycles. The van der Waals surface area contributed by atoms with Crippen molar-refractivity contribution in [2.45, 2.75) is 47.1 Å². The molecule has 3 rings (SSSR count). The second-order valence-electron chi connectivity index (χ2n) is 9.90. The Morgan fingerprint density at radius 3 is 2.34 bits per heavy atom. The first-order valence-corrected chi connectivity index (χ1v) is 15.2. The topological polar surface area (TPSA) is 102 Å². The number of amides is 1. The fraction of sp³-hybridized carbons (Fsp3) is 0.355. The van der Waals surface area contributed by atoms with Crippen LogP contribution in [0, 0.1) is 19.7 Å². The lowest BCUT2D eigenvalue weighted by Crippen LogP contribution is -2.32. The molecule has 3 aromatic carbocycles. The van der Waals surface area contributed by atoms with E-state index >= 15 is 0 Å². The molecule has 0 unspecified atom stereocenters. The van der Waals surface area contributed by atoms with Crippen LogP contribution in [-0.4, -0.2) is 51.1 Å². The summed E-state index contributed by atoms with van der Waals surface area (Å²) in [5.41, 5.74) is 6.20. The molecule has 0 saturated heterocycles. The second kappa shape index (κ2) is 14.1. The smallest absolute Gasteiger partial charge is 0.322 e. The van der Waals surface area contributed by atoms with Crippen LogP contribution in [0.3, 0.4) is 0 Å². The van der Waals surface area contributed by atoms with Crippen LogP contribution in [0.4, 0.5) is 10.1 Å². The normalized spacial score (nSPS) is 11.2. The van der Waals surface area contributed by atoms with E-state index in [9.17, 15) is 22.4 Å². The molecule has 0 spiro atoms. The van der Waals surface area contributed by atoms with E-state index in [2.05, 4.69) is 21.6 Å². The summed E-state index contributed by atoms with van der Waals surface area (Å²) in [7, 11) is -3.89. The maximum atomic E-state index is 14.6. The van der Waals surface area contributed by atoms with E-state index in [0.29, 0.717) is 37.5 Å². The molecule has 0 heterocycles. The van der Waals surface area contributed by atoms with E-state index in [4.69, 9.17) is 4.74 Å². The van der Waals surface area contributed by atoms with Crippen LogP contribution in [0.1, 0.15) is 42.5 Å². The molecule has 220 valence electrons. The van der Waals surface area contributed by atoms with E-state index in [-0.39, 0.29) is 18.7 Å². The van der Waals surface area contributed by atoms with Crippen molar-refractivity contribution < 1.29 is 31.3 Å². The molecule has 1 N–H and O–H groups in total. The SMILES string of the molecule is CCN(CCOc1cc(C)c(-c2cccc(CNc3ccc(CCC(=O)OS(C)(=O)=O)c(F)c3)c2)c(C)c1)C(C)=O. The van der Waals surface area contributed by atoms with Crippen molar-refractivity contribution in [2.75, 3.05) is 31.3 Å². The standard InChI is InChI=1S/C31H37FN2O6S/c1-6-34(23(4)35)14-15-39-28-16-21(2)31(22(3)17-28)26-9-7-8-24(18-26)20-33-27-12-10-25(29(32)19-27)11-13-30(36)40-41(5,37)38/h7-10,12,16-19,33H,6,11,13-15,20H2,1-5H3. The first-order valence-electron chi connectivity index (χ1n) is 13.4. The summed E-state index contributed by atoms with van der Waals surface area (Å²) in [6.45, 7) is 9.65. The van der Waals surface area contributed by atoms with Crippen molar-refractivity contribution >= 4 is 27.7 Å². The highest BCUT2D eigenvalue weighted by Crippen LogP contribution is 2.32. The van der Waals surface area contributed by atoms with Crippen LogP contribution in [-0.2, 0) is 36.9 Å². The lowest BCUT2D eigenvalue weighted by Gasteiger charge is -2.20. The number of likely N-dealkylation sites (N-methyl/N-ethyl adjacent to an activating group) is 1. The van der Waals surface area contributed by atoms with Gasteiger partial charge in [0.15, 0.2) is 0 Å². The minimum atomic E-state index is -3.89. The van der Waals surface area contributed by atoms with Crippen LogP contribution in [0.25, 0.3) is 11.1 Å². The first-order chi connectivity index (χ1) is 19.4. The fourth-order valence-electron chi connectivity index (χ4n) is 4.62. The van der Waals surface area contributed by atoms with Crippen LogP contribution >= 0.6 is 0 Å². The highest BCUT2D eigenvalue weighted by atomic mass is 32.2. The van der Waals surface area contributed by atoms with Crippen LogP contribution in [0.15, 0.2) is 54.6 Å². The predicted octanol–water partition coefficient (Wildman–Crippen LogP) is 5.40. The molecule has 3 aromatic rings. The Hall–Kier alpha value is -3.92. The van der Waals surface area contributed by atoms with Gasteiger partial charge in [0.2, 0.25) is 5.91 Å². The van der Waals surface area contributed by atoms with Crippen molar-refractivity contribution in [3.05, 3.63) is 82.7 Å². The maximum Gasteiger partial charge on any atom is 0.322 e. The Labute approximate surface area is 241 Å². The zero-order valence-corrected chi connectivity index (χ0v) is 24.9. The number of nitrogens with one attached hydrogen (secondary N) is 1. The number of aryl methyl sites for hydroxylation is 3. The summed E-state index contributed by atoms with van der Waals surface area (Å²) >= 11 is 0. The number of nitrogens with zero attached hydrogens (tertiary/aromatic N) is 1. The lowest BCUT2D eigenvalue weighted by molar-refractivity contribution is -0.133. The second-order valence-corrected chi connectivity index (χ2v) is 11.5. The van der Waals surface area contributed by atoms with E-state index in [1.165, 1.54) is 6.07 Å². The van der Waals surface area contributed by atoms with Crippen LogP contribution in [0.5, 0.6) is 5.75 Å². The maximum absolute atomic E-state index is 14.6. The molecule has 0 atom stereocenters. The number of rotatable bonds is 13. The lowest BCUT2D eigenvalue weighted by atomic mass is 9.94. The molecule has 0 fully saturated rings. The molecule has 0 bridgehead atoms. The third-order valence-corrected chi connectivity index (χ3v) is 7.06. The van der Waals surface area contributed by atoms with Gasteiger partial charge in [-0.3, -0.25) is 9.59 Å². The third-order valence-electron chi connectivity index (χ3n) is 6.57. The number of halogens is 1. The summed E-state index contributed by atoms with van der Waals surface area (Å²) in [5, 5.41) is 3.23. The van der Waals surface area contributed by atoms with Crippen LogP contribution in [0.2, 0.25) is 0 Å². The number of carbonyl (C=O) groups excluding carboxylic acids is 2. The van der Waals surface area contributed by atoms with Gasteiger partial charge >= 0.3 is 16.1 Å². The number of hydrogen-bond acceptors (Lipinski definition) is 7. The average molecular weight is 585 g/mol. The quantitative estimate of drug-likeness (QED) is 0.268. The molecule has 0 saturated carbocycles. The molecule has 41 heavy (non-hydrogen) atoms. The first kappa shape index (κ1) is 31.6. The summed E-state index contributed by atoms with van der Waals surface area (Å²) in [4.78, 5) is 24.9. The molecular formula is C31H37FN2O6S. The molecule has 8 nitrogen and oxygen atoms in total. The Kier molecular flexibility index (Phi) is 10.9. The molecule has 10 heteroatoms. The molecule has 0 radical (unpaired) electrons. The van der Waals surface area contributed by atoms with Gasteiger partial charge in [-0.15, -0.1) is 0 Å². The minimum absolute atomic E-state index is 0.0284. The largest absolute Gasteiger partial charge is 0.492 e. The number of carbonyl (C=O) groups is 2. The number of benzene rings is 3. The van der Waals surface area contributed by atoms with Crippen molar-refractivity contribution in [3.63, 3.8) is 0 Å². The van der Waals surface area contributed by atoms with E-state index < -0.39 is 21.9 Å². The highest BCUT2D eigenvalue weighted by molar-refractivity contribution is 7.86. The Balaban J connectivity index is 1.63. The van der Waals surface area contributed by atoms with Gasteiger partial charge < -0.3 is 19.1 Å².